The van der Waals surface area contributed by atoms with Crippen LogP contribution < -0.4 is 10.6 Å². The first kappa shape index (κ1) is 27.5. The van der Waals surface area contributed by atoms with E-state index in [1.807, 2.05) is 13.8 Å². The van der Waals surface area contributed by atoms with Gasteiger partial charge >= 0.3 is 5.97 Å². The van der Waals surface area contributed by atoms with Gasteiger partial charge in [0, 0.05) is 13.3 Å². The second-order valence-electron chi connectivity index (χ2n) is 8.10. The third-order valence-corrected chi connectivity index (χ3v) is 6.40. The van der Waals surface area contributed by atoms with Gasteiger partial charge in [-0.1, -0.05) is 58.0 Å². The van der Waals surface area contributed by atoms with Crippen molar-refractivity contribution in [2.24, 2.45) is 11.8 Å². The van der Waals surface area contributed by atoms with E-state index in [1.165, 1.54) is 26.2 Å². The minimum atomic E-state index is -0.966. The number of ether oxygens (including phenoxy) is 1. The molecule has 0 radical (unpaired) electrons. The highest BCUT2D eigenvalue weighted by Gasteiger charge is 2.33. The standard InChI is InChI=1S/C23H34N2O6S/c1-7-14(4)20(32-15(5)26)22(29)25-19(13(2)3)21(28)24-18(23(30)31-6)12-16-8-10-17(27)11-9-16/h8-11,13-14,18-20,27H,7,12H2,1-6H3,(H,24,28)(H,25,29)/t14?,18-,19-,20?/m0/s1. The summed E-state index contributed by atoms with van der Waals surface area (Å²) in [4.78, 5) is 49.8. The van der Waals surface area contributed by atoms with Gasteiger partial charge in [0.05, 0.1) is 12.4 Å². The Bertz CT molecular complexity index is 796. The molecule has 0 aliphatic heterocycles. The monoisotopic (exact) mass is 466 g/mol. The van der Waals surface area contributed by atoms with Crippen LogP contribution in [0.5, 0.6) is 5.75 Å². The Balaban J connectivity index is 3.00. The molecule has 2 amide bonds. The summed E-state index contributed by atoms with van der Waals surface area (Å²) in [5.41, 5.74) is 0.721. The average Bonchev–Trinajstić information content (AvgIpc) is 2.74. The van der Waals surface area contributed by atoms with Gasteiger partial charge in [0.2, 0.25) is 11.8 Å². The normalized spacial score (nSPS) is 14.7. The number of thioether (sulfide) groups is 1. The summed E-state index contributed by atoms with van der Waals surface area (Å²) in [7, 11) is 1.23. The molecule has 0 saturated heterocycles. The topological polar surface area (TPSA) is 122 Å². The molecule has 8 nitrogen and oxygen atoms in total. The van der Waals surface area contributed by atoms with Crippen molar-refractivity contribution in [2.75, 3.05) is 7.11 Å². The minimum Gasteiger partial charge on any atom is -0.508 e. The van der Waals surface area contributed by atoms with Crippen LogP contribution in [0.1, 0.15) is 46.6 Å². The number of aromatic hydroxyl groups is 1. The van der Waals surface area contributed by atoms with Gasteiger partial charge in [-0.2, -0.15) is 0 Å². The van der Waals surface area contributed by atoms with E-state index in [1.54, 1.807) is 26.0 Å². The first-order chi connectivity index (χ1) is 15.0. The molecule has 0 spiro atoms. The highest BCUT2D eigenvalue weighted by Crippen LogP contribution is 2.23. The number of hydrogen-bond acceptors (Lipinski definition) is 7. The zero-order chi connectivity index (χ0) is 24.4. The van der Waals surface area contributed by atoms with Crippen LogP contribution in [0, 0.1) is 11.8 Å². The van der Waals surface area contributed by atoms with Crippen LogP contribution in [0.4, 0.5) is 0 Å². The number of methoxy groups -OCH3 is 1. The van der Waals surface area contributed by atoms with Gasteiger partial charge in [-0.25, -0.2) is 4.79 Å². The molecule has 0 fully saturated rings. The molecule has 32 heavy (non-hydrogen) atoms. The van der Waals surface area contributed by atoms with E-state index in [0.29, 0.717) is 6.42 Å². The van der Waals surface area contributed by atoms with Crippen molar-refractivity contribution in [1.82, 2.24) is 10.6 Å². The molecule has 1 rings (SSSR count). The quantitative estimate of drug-likeness (QED) is 0.428. The number of nitrogens with one attached hydrogen (secondary N) is 2. The van der Waals surface area contributed by atoms with E-state index < -0.39 is 29.2 Å². The second-order valence-corrected chi connectivity index (χ2v) is 9.42. The summed E-state index contributed by atoms with van der Waals surface area (Å²) >= 11 is 0.954. The maximum absolute atomic E-state index is 13.0. The molecule has 0 aliphatic carbocycles. The first-order valence-electron chi connectivity index (χ1n) is 10.6. The van der Waals surface area contributed by atoms with Gasteiger partial charge in [0.25, 0.3) is 0 Å². The second kappa shape index (κ2) is 13.1. The first-order valence-corrected chi connectivity index (χ1v) is 11.5. The Kier molecular flexibility index (Phi) is 11.3. The van der Waals surface area contributed by atoms with Crippen LogP contribution >= 0.6 is 11.8 Å². The van der Waals surface area contributed by atoms with Crippen LogP contribution in [0.2, 0.25) is 0 Å². The zero-order valence-corrected chi connectivity index (χ0v) is 20.3. The van der Waals surface area contributed by atoms with E-state index >= 15 is 0 Å². The molecular weight excluding hydrogens is 432 g/mol. The lowest BCUT2D eigenvalue weighted by molar-refractivity contribution is -0.145. The summed E-state index contributed by atoms with van der Waals surface area (Å²) in [6, 6.07) is 4.42. The third kappa shape index (κ3) is 8.53. The lowest BCUT2D eigenvalue weighted by atomic mass is 9.99. The zero-order valence-electron chi connectivity index (χ0n) is 19.5. The Morgan fingerprint density at radius 3 is 2.09 bits per heavy atom. The molecular formula is C23H34N2O6S. The average molecular weight is 467 g/mol. The number of phenols is 1. The van der Waals surface area contributed by atoms with Crippen molar-refractivity contribution in [3.8, 4) is 5.75 Å². The number of benzene rings is 1. The van der Waals surface area contributed by atoms with Crippen LogP contribution in [0.25, 0.3) is 0 Å². The summed E-state index contributed by atoms with van der Waals surface area (Å²) in [6.45, 7) is 8.80. The SMILES string of the molecule is CCC(C)C(SC(C)=O)C(=O)N[C@H](C(=O)N[C@@H](Cc1ccc(O)cc1)C(=O)OC)C(C)C. The van der Waals surface area contributed by atoms with Gasteiger partial charge < -0.3 is 20.5 Å². The van der Waals surface area contributed by atoms with E-state index in [-0.39, 0.29) is 35.0 Å². The molecule has 2 unspecified atom stereocenters. The van der Waals surface area contributed by atoms with Crippen LogP contribution in [0.15, 0.2) is 24.3 Å². The molecule has 3 N–H and O–H groups in total. The predicted octanol–water partition coefficient (Wildman–Crippen LogP) is 2.43. The number of phenolic OH excluding ortho intramolecular Hbond substituents is 1. The van der Waals surface area contributed by atoms with Crippen molar-refractivity contribution in [2.45, 2.75) is 64.8 Å². The van der Waals surface area contributed by atoms with Gasteiger partial charge in [0.15, 0.2) is 5.12 Å². The van der Waals surface area contributed by atoms with Gasteiger partial charge in [-0.05, 0) is 29.5 Å². The lowest BCUT2D eigenvalue weighted by Gasteiger charge is -2.27. The molecule has 4 atom stereocenters. The molecule has 9 heteroatoms. The molecule has 0 aliphatic rings. The molecule has 0 heterocycles. The Hall–Kier alpha value is -2.55. The third-order valence-electron chi connectivity index (χ3n) is 5.14. The Morgan fingerprint density at radius 2 is 1.62 bits per heavy atom. The largest absolute Gasteiger partial charge is 0.508 e. The number of carbonyl (C=O) groups is 4. The van der Waals surface area contributed by atoms with Crippen LogP contribution in [-0.4, -0.2) is 52.4 Å². The molecule has 0 bridgehead atoms. The van der Waals surface area contributed by atoms with Gasteiger partial charge in [-0.15, -0.1) is 0 Å². The molecule has 1 aromatic carbocycles. The maximum atomic E-state index is 13.0. The number of rotatable bonds is 11. The summed E-state index contributed by atoms with van der Waals surface area (Å²) in [5, 5.41) is 14.1. The predicted molar refractivity (Wildman–Crippen MR) is 124 cm³/mol. The lowest BCUT2D eigenvalue weighted by Crippen LogP contribution is -2.56. The fraction of sp³-hybridized carbons (Fsp3) is 0.565. The Morgan fingerprint density at radius 1 is 1.03 bits per heavy atom. The highest BCUT2D eigenvalue weighted by molar-refractivity contribution is 8.14. The van der Waals surface area contributed by atoms with Gasteiger partial charge in [-0.3, -0.25) is 14.4 Å². The molecule has 1 aromatic rings. The van der Waals surface area contributed by atoms with Crippen molar-refractivity contribution >= 4 is 34.7 Å². The van der Waals surface area contributed by atoms with Crippen molar-refractivity contribution in [3.05, 3.63) is 29.8 Å². The fourth-order valence-corrected chi connectivity index (χ4v) is 4.01. The molecule has 178 valence electrons. The number of hydrogen-bond donors (Lipinski definition) is 3. The Labute approximate surface area is 193 Å². The highest BCUT2D eigenvalue weighted by atomic mass is 32.2. The van der Waals surface area contributed by atoms with E-state index in [0.717, 1.165) is 17.3 Å². The van der Waals surface area contributed by atoms with Crippen molar-refractivity contribution in [3.63, 3.8) is 0 Å². The van der Waals surface area contributed by atoms with Gasteiger partial charge in [0.1, 0.15) is 17.8 Å². The smallest absolute Gasteiger partial charge is 0.328 e. The maximum Gasteiger partial charge on any atom is 0.328 e. The van der Waals surface area contributed by atoms with Crippen molar-refractivity contribution in [1.29, 1.82) is 0 Å². The molecule has 0 saturated carbocycles. The van der Waals surface area contributed by atoms with E-state index in [4.69, 9.17) is 4.74 Å². The summed E-state index contributed by atoms with van der Waals surface area (Å²) < 4.78 is 4.83. The minimum absolute atomic E-state index is 0.0583. The van der Waals surface area contributed by atoms with Crippen LogP contribution in [-0.2, 0) is 30.3 Å². The van der Waals surface area contributed by atoms with E-state index in [9.17, 15) is 24.3 Å². The number of amides is 2. The summed E-state index contributed by atoms with van der Waals surface area (Å²) in [5.74, 6) is -1.75. The number of esters is 1. The summed E-state index contributed by atoms with van der Waals surface area (Å²) in [6.07, 6.45) is 0.862. The van der Waals surface area contributed by atoms with Crippen LogP contribution in [0.3, 0.4) is 0 Å². The number of carbonyl (C=O) groups excluding carboxylic acids is 4. The van der Waals surface area contributed by atoms with Crippen molar-refractivity contribution < 1.29 is 29.0 Å². The molecule has 0 aromatic heterocycles. The van der Waals surface area contributed by atoms with E-state index in [2.05, 4.69) is 10.6 Å². The fourth-order valence-electron chi connectivity index (χ4n) is 3.06.